The molecule has 17 heavy (non-hydrogen) atoms. The molecule has 0 aliphatic carbocycles. The lowest BCUT2D eigenvalue weighted by molar-refractivity contribution is 0.0692. The second-order valence-corrected chi connectivity index (χ2v) is 3.12. The number of carbonyl (C=O) groups is 1. The lowest BCUT2D eigenvalue weighted by atomic mass is 10.1. The zero-order valence-corrected chi connectivity index (χ0v) is 9.94. The summed E-state index contributed by atoms with van der Waals surface area (Å²) in [5.41, 5.74) is 0.530. The van der Waals surface area contributed by atoms with Crippen molar-refractivity contribution in [3.05, 3.63) is 23.8 Å². The first-order chi connectivity index (χ1) is 8.10. The van der Waals surface area contributed by atoms with E-state index in [2.05, 4.69) is 6.58 Å². The van der Waals surface area contributed by atoms with Gasteiger partial charge >= 0.3 is 5.97 Å². The van der Waals surface area contributed by atoms with Gasteiger partial charge in [0.1, 0.15) is 5.56 Å². The quantitative estimate of drug-likeness (QED) is 0.850. The molecule has 0 amide bonds. The zero-order chi connectivity index (χ0) is 13.0. The fourth-order valence-electron chi connectivity index (χ4n) is 1.55. The minimum absolute atomic E-state index is 0.0000463. The predicted octanol–water partition coefficient (Wildman–Crippen LogP) is 2.05. The van der Waals surface area contributed by atoms with Crippen molar-refractivity contribution in [2.75, 3.05) is 21.3 Å². The van der Waals surface area contributed by atoms with E-state index in [1.54, 1.807) is 0 Å². The Balaban J connectivity index is 3.66. The van der Waals surface area contributed by atoms with Gasteiger partial charge in [-0.2, -0.15) is 0 Å². The third-order valence-corrected chi connectivity index (χ3v) is 2.28. The number of carboxylic acid groups (broad SMARTS) is 1. The maximum Gasteiger partial charge on any atom is 0.339 e. The van der Waals surface area contributed by atoms with Crippen LogP contribution in [0.4, 0.5) is 0 Å². The molecule has 0 radical (unpaired) electrons. The molecule has 1 aromatic rings. The largest absolute Gasteiger partial charge is 0.492 e. The van der Waals surface area contributed by atoms with Gasteiger partial charge in [0.25, 0.3) is 0 Å². The summed E-state index contributed by atoms with van der Waals surface area (Å²) in [6, 6.07) is 1.43. The summed E-state index contributed by atoms with van der Waals surface area (Å²) < 4.78 is 15.3. The predicted molar refractivity (Wildman–Crippen MR) is 63.1 cm³/mol. The van der Waals surface area contributed by atoms with Crippen molar-refractivity contribution < 1.29 is 24.1 Å². The number of carboxylic acids is 1. The van der Waals surface area contributed by atoms with Crippen LogP contribution in [0.3, 0.4) is 0 Å². The second kappa shape index (κ2) is 5.25. The van der Waals surface area contributed by atoms with Crippen molar-refractivity contribution in [1.29, 1.82) is 0 Å². The van der Waals surface area contributed by atoms with E-state index in [0.717, 1.165) is 0 Å². The summed E-state index contributed by atoms with van der Waals surface area (Å²) in [5, 5.41) is 9.09. The van der Waals surface area contributed by atoms with E-state index in [4.69, 9.17) is 19.3 Å². The van der Waals surface area contributed by atoms with Crippen molar-refractivity contribution in [3.8, 4) is 17.2 Å². The molecule has 1 N–H and O–H groups in total. The van der Waals surface area contributed by atoms with Gasteiger partial charge in [-0.3, -0.25) is 0 Å². The van der Waals surface area contributed by atoms with Gasteiger partial charge in [0.15, 0.2) is 11.5 Å². The Morgan fingerprint density at radius 2 is 1.71 bits per heavy atom. The van der Waals surface area contributed by atoms with E-state index >= 15 is 0 Å². The minimum Gasteiger partial charge on any atom is -0.492 e. The fourth-order valence-corrected chi connectivity index (χ4v) is 1.55. The summed E-state index contributed by atoms with van der Waals surface area (Å²) in [4.78, 5) is 11.1. The van der Waals surface area contributed by atoms with Gasteiger partial charge in [0.05, 0.1) is 21.3 Å². The Bertz CT molecular complexity index is 451. The van der Waals surface area contributed by atoms with Crippen molar-refractivity contribution in [1.82, 2.24) is 0 Å². The van der Waals surface area contributed by atoms with Crippen LogP contribution >= 0.6 is 0 Å². The molecule has 0 fully saturated rings. The molecule has 5 nitrogen and oxygen atoms in total. The Kier molecular flexibility index (Phi) is 3.98. The van der Waals surface area contributed by atoms with Crippen LogP contribution in [-0.2, 0) is 0 Å². The summed E-state index contributed by atoms with van der Waals surface area (Å²) in [7, 11) is 4.25. The van der Waals surface area contributed by atoms with Crippen molar-refractivity contribution in [3.63, 3.8) is 0 Å². The molecular formula is C12H14O5. The lowest BCUT2D eigenvalue weighted by Crippen LogP contribution is -2.05. The fraction of sp³-hybridized carbons (Fsp3) is 0.250. The Morgan fingerprint density at radius 1 is 1.18 bits per heavy atom. The van der Waals surface area contributed by atoms with Gasteiger partial charge in [-0.25, -0.2) is 4.79 Å². The highest BCUT2D eigenvalue weighted by Gasteiger charge is 2.22. The number of rotatable bonds is 5. The van der Waals surface area contributed by atoms with E-state index in [1.165, 1.54) is 33.5 Å². The molecule has 1 rings (SSSR count). The van der Waals surface area contributed by atoms with Gasteiger partial charge < -0.3 is 19.3 Å². The highest BCUT2D eigenvalue weighted by atomic mass is 16.5. The summed E-state index contributed by atoms with van der Waals surface area (Å²) in [6.07, 6.45) is 1.49. The van der Waals surface area contributed by atoms with Crippen molar-refractivity contribution in [2.45, 2.75) is 0 Å². The molecule has 0 aliphatic rings. The first kappa shape index (κ1) is 12.9. The molecule has 0 unspecified atom stereocenters. The molecule has 0 saturated heterocycles. The number of ether oxygens (including phenoxy) is 3. The third-order valence-electron chi connectivity index (χ3n) is 2.28. The number of benzene rings is 1. The van der Waals surface area contributed by atoms with Crippen LogP contribution in [0.1, 0.15) is 15.9 Å². The van der Waals surface area contributed by atoms with Crippen LogP contribution in [0.25, 0.3) is 6.08 Å². The van der Waals surface area contributed by atoms with Crippen LogP contribution in [-0.4, -0.2) is 32.4 Å². The van der Waals surface area contributed by atoms with E-state index < -0.39 is 5.97 Å². The van der Waals surface area contributed by atoms with Gasteiger partial charge in [-0.1, -0.05) is 12.7 Å². The van der Waals surface area contributed by atoms with E-state index in [-0.39, 0.29) is 17.1 Å². The molecule has 5 heteroatoms. The zero-order valence-electron chi connectivity index (χ0n) is 9.94. The summed E-state index contributed by atoms with van der Waals surface area (Å²) >= 11 is 0. The van der Waals surface area contributed by atoms with E-state index in [1.807, 2.05) is 0 Å². The Labute approximate surface area is 99.2 Å². The maximum absolute atomic E-state index is 11.1. The third kappa shape index (κ3) is 2.18. The van der Waals surface area contributed by atoms with Gasteiger partial charge in [-0.15, -0.1) is 0 Å². The first-order valence-corrected chi connectivity index (χ1v) is 4.79. The topological polar surface area (TPSA) is 65.0 Å². The van der Waals surface area contributed by atoms with E-state index in [0.29, 0.717) is 11.3 Å². The van der Waals surface area contributed by atoms with Gasteiger partial charge in [-0.05, 0) is 6.07 Å². The van der Waals surface area contributed by atoms with Crippen LogP contribution in [0.2, 0.25) is 0 Å². The number of hydrogen-bond acceptors (Lipinski definition) is 4. The minimum atomic E-state index is -1.11. The van der Waals surface area contributed by atoms with Gasteiger partial charge in [0.2, 0.25) is 5.75 Å². The molecule has 92 valence electrons. The monoisotopic (exact) mass is 238 g/mol. The molecule has 0 saturated carbocycles. The molecular weight excluding hydrogens is 224 g/mol. The van der Waals surface area contributed by atoms with Crippen LogP contribution in [0.5, 0.6) is 17.2 Å². The Hall–Kier alpha value is -2.17. The normalized spacial score (nSPS) is 9.59. The van der Waals surface area contributed by atoms with Crippen LogP contribution in [0, 0.1) is 0 Å². The first-order valence-electron chi connectivity index (χ1n) is 4.79. The molecule has 0 aromatic heterocycles. The smallest absolute Gasteiger partial charge is 0.339 e. The average molecular weight is 238 g/mol. The molecule has 0 aliphatic heterocycles. The average Bonchev–Trinajstić information content (AvgIpc) is 2.35. The number of hydrogen-bond donors (Lipinski definition) is 1. The highest BCUT2D eigenvalue weighted by Crippen LogP contribution is 2.43. The summed E-state index contributed by atoms with van der Waals surface area (Å²) in [6.45, 7) is 3.60. The standard InChI is InChI=1S/C12H14O5/c1-5-7-6-8(12(13)14)10(16-3)11(17-4)9(7)15-2/h5-6H,1H2,2-4H3,(H,13,14). The highest BCUT2D eigenvalue weighted by molar-refractivity contribution is 5.94. The SMILES string of the molecule is C=Cc1cc(C(=O)O)c(OC)c(OC)c1OC. The second-order valence-electron chi connectivity index (χ2n) is 3.12. The van der Waals surface area contributed by atoms with Crippen molar-refractivity contribution in [2.24, 2.45) is 0 Å². The van der Waals surface area contributed by atoms with Gasteiger partial charge in [0, 0.05) is 5.56 Å². The van der Waals surface area contributed by atoms with Crippen LogP contribution in [0.15, 0.2) is 12.6 Å². The Morgan fingerprint density at radius 3 is 2.06 bits per heavy atom. The number of methoxy groups -OCH3 is 3. The molecule has 0 spiro atoms. The van der Waals surface area contributed by atoms with E-state index in [9.17, 15) is 4.79 Å². The molecule has 0 atom stereocenters. The molecule has 0 bridgehead atoms. The number of aromatic carboxylic acids is 1. The molecule has 0 heterocycles. The lowest BCUT2D eigenvalue weighted by Gasteiger charge is -2.16. The maximum atomic E-state index is 11.1. The summed E-state index contributed by atoms with van der Waals surface area (Å²) in [5.74, 6) is -0.345. The van der Waals surface area contributed by atoms with Crippen LogP contribution < -0.4 is 14.2 Å². The van der Waals surface area contributed by atoms with Crippen molar-refractivity contribution >= 4 is 12.0 Å². The molecule has 1 aromatic carbocycles.